The second kappa shape index (κ2) is 5.14. The lowest BCUT2D eigenvalue weighted by atomic mass is 10.1. The van der Waals surface area contributed by atoms with E-state index >= 15 is 0 Å². The fourth-order valence-electron chi connectivity index (χ4n) is 1.53. The molecule has 0 amide bonds. The molecule has 0 aliphatic carbocycles. The van der Waals surface area contributed by atoms with Gasteiger partial charge in [-0.1, -0.05) is 0 Å². The number of benzene rings is 1. The van der Waals surface area contributed by atoms with E-state index in [4.69, 9.17) is 0 Å². The number of carbonyl (C=O) groups is 1. The van der Waals surface area contributed by atoms with Crippen molar-refractivity contribution in [3.63, 3.8) is 0 Å². The zero-order valence-corrected chi connectivity index (χ0v) is 10.1. The average Bonchev–Trinajstić information content (AvgIpc) is 2.28. The zero-order valence-electron chi connectivity index (χ0n) is 10.1. The first-order valence-corrected chi connectivity index (χ1v) is 5.14. The summed E-state index contributed by atoms with van der Waals surface area (Å²) in [5.74, 6) is -1.03. The van der Waals surface area contributed by atoms with Crippen molar-refractivity contribution in [1.82, 2.24) is 0 Å². The Balaban J connectivity index is 2.75. The largest absolute Gasteiger partial charge is 0.467 e. The van der Waals surface area contributed by atoms with E-state index in [9.17, 15) is 14.3 Å². The molecule has 1 aromatic rings. The Bertz CT molecular complexity index is 389. The summed E-state index contributed by atoms with van der Waals surface area (Å²) in [5, 5.41) is 9.88. The van der Waals surface area contributed by atoms with Crippen LogP contribution in [0.15, 0.2) is 24.3 Å². The second-order valence-electron chi connectivity index (χ2n) is 4.10. The van der Waals surface area contributed by atoms with Gasteiger partial charge in [0.05, 0.1) is 13.7 Å². The molecule has 0 spiro atoms. The number of methoxy groups -OCH3 is 1. The first kappa shape index (κ1) is 13.4. The number of rotatable bonds is 4. The molecule has 0 aliphatic rings. The van der Waals surface area contributed by atoms with E-state index in [1.165, 1.54) is 26.2 Å². The number of anilines is 1. The average molecular weight is 241 g/mol. The lowest BCUT2D eigenvalue weighted by Crippen LogP contribution is -2.46. The molecule has 1 unspecified atom stereocenters. The van der Waals surface area contributed by atoms with Crippen LogP contribution in [0.3, 0.4) is 0 Å². The summed E-state index contributed by atoms with van der Waals surface area (Å²) in [5.41, 5.74) is -0.895. The molecule has 4 nitrogen and oxygen atoms in total. The molecule has 17 heavy (non-hydrogen) atoms. The van der Waals surface area contributed by atoms with Crippen LogP contribution >= 0.6 is 0 Å². The fraction of sp³-hybridized carbons (Fsp3) is 0.417. The molecular formula is C12H16FNO3. The Hall–Kier alpha value is -1.62. The van der Waals surface area contributed by atoms with Crippen LogP contribution in [0.2, 0.25) is 0 Å². The van der Waals surface area contributed by atoms with Gasteiger partial charge in [0.15, 0.2) is 5.60 Å². The number of ether oxygens (including phenoxy) is 1. The highest BCUT2D eigenvalue weighted by atomic mass is 19.1. The highest BCUT2D eigenvalue weighted by molar-refractivity contribution is 5.79. The molecule has 0 aliphatic heterocycles. The summed E-state index contributed by atoms with van der Waals surface area (Å²) < 4.78 is 17.2. The van der Waals surface area contributed by atoms with Crippen molar-refractivity contribution < 1.29 is 19.0 Å². The third-order valence-electron chi connectivity index (χ3n) is 2.44. The maximum absolute atomic E-state index is 12.7. The van der Waals surface area contributed by atoms with Gasteiger partial charge in [0, 0.05) is 12.7 Å². The minimum atomic E-state index is -1.60. The van der Waals surface area contributed by atoms with Gasteiger partial charge in [-0.05, 0) is 31.2 Å². The lowest BCUT2D eigenvalue weighted by molar-refractivity contribution is -0.159. The standard InChI is InChI=1S/C12H16FNO3/c1-12(16,11(15)17-3)8-14(2)10-6-4-9(13)5-7-10/h4-7,16H,8H2,1-3H3. The summed E-state index contributed by atoms with van der Waals surface area (Å²) >= 11 is 0. The number of carbonyl (C=O) groups excluding carboxylic acids is 1. The van der Waals surface area contributed by atoms with Gasteiger partial charge in [0.25, 0.3) is 0 Å². The molecule has 1 aromatic carbocycles. The van der Waals surface area contributed by atoms with E-state index in [1.807, 2.05) is 0 Å². The fourth-order valence-corrected chi connectivity index (χ4v) is 1.53. The molecular weight excluding hydrogens is 225 g/mol. The normalized spacial score (nSPS) is 13.9. The molecule has 0 aromatic heterocycles. The first-order valence-electron chi connectivity index (χ1n) is 5.14. The van der Waals surface area contributed by atoms with E-state index in [1.54, 1.807) is 24.1 Å². The van der Waals surface area contributed by atoms with Crippen LogP contribution in [0.5, 0.6) is 0 Å². The predicted molar refractivity (Wildman–Crippen MR) is 62.3 cm³/mol. The van der Waals surface area contributed by atoms with E-state index in [0.29, 0.717) is 5.69 Å². The summed E-state index contributed by atoms with van der Waals surface area (Å²) in [7, 11) is 2.92. The zero-order chi connectivity index (χ0) is 13.1. The van der Waals surface area contributed by atoms with E-state index in [2.05, 4.69) is 4.74 Å². The summed E-state index contributed by atoms with van der Waals surface area (Å²) in [4.78, 5) is 12.9. The second-order valence-corrected chi connectivity index (χ2v) is 4.10. The molecule has 1 rings (SSSR count). The predicted octanol–water partition coefficient (Wildman–Crippen LogP) is 1.19. The molecule has 0 radical (unpaired) electrons. The van der Waals surface area contributed by atoms with Crippen LogP contribution in [0.25, 0.3) is 0 Å². The van der Waals surface area contributed by atoms with Gasteiger partial charge in [-0.15, -0.1) is 0 Å². The highest BCUT2D eigenvalue weighted by Gasteiger charge is 2.32. The van der Waals surface area contributed by atoms with Crippen molar-refractivity contribution in [3.8, 4) is 0 Å². The van der Waals surface area contributed by atoms with Gasteiger partial charge >= 0.3 is 5.97 Å². The molecule has 1 N–H and O–H groups in total. The molecule has 0 fully saturated rings. The Morgan fingerprint density at radius 1 is 1.47 bits per heavy atom. The molecule has 0 saturated carbocycles. The van der Waals surface area contributed by atoms with Crippen LogP contribution in [0, 0.1) is 5.82 Å². The van der Waals surface area contributed by atoms with Crippen molar-refractivity contribution in [2.24, 2.45) is 0 Å². The Kier molecular flexibility index (Phi) is 4.07. The van der Waals surface area contributed by atoms with Crippen LogP contribution in [-0.4, -0.2) is 37.4 Å². The quantitative estimate of drug-likeness (QED) is 0.804. The van der Waals surface area contributed by atoms with Crippen molar-refractivity contribution in [3.05, 3.63) is 30.1 Å². The maximum atomic E-state index is 12.7. The van der Waals surface area contributed by atoms with Gasteiger partial charge in [-0.3, -0.25) is 0 Å². The van der Waals surface area contributed by atoms with Gasteiger partial charge in [0.2, 0.25) is 0 Å². The van der Waals surface area contributed by atoms with Crippen molar-refractivity contribution >= 4 is 11.7 Å². The van der Waals surface area contributed by atoms with Gasteiger partial charge in [-0.25, -0.2) is 9.18 Å². The molecule has 0 bridgehead atoms. The van der Waals surface area contributed by atoms with Crippen molar-refractivity contribution in [2.45, 2.75) is 12.5 Å². The Labute approximate surface area is 99.6 Å². The Morgan fingerprint density at radius 2 is 2.00 bits per heavy atom. The number of halogens is 1. The van der Waals surface area contributed by atoms with E-state index in [0.717, 1.165) is 0 Å². The number of likely N-dealkylation sites (N-methyl/N-ethyl adjacent to an activating group) is 1. The minimum Gasteiger partial charge on any atom is -0.467 e. The van der Waals surface area contributed by atoms with Gasteiger partial charge in [0.1, 0.15) is 5.82 Å². The van der Waals surface area contributed by atoms with Gasteiger partial charge in [-0.2, -0.15) is 0 Å². The van der Waals surface area contributed by atoms with Gasteiger partial charge < -0.3 is 14.7 Å². The lowest BCUT2D eigenvalue weighted by Gasteiger charge is -2.28. The first-order chi connectivity index (χ1) is 7.86. The third-order valence-corrected chi connectivity index (χ3v) is 2.44. The molecule has 1 atom stereocenters. The number of nitrogens with zero attached hydrogens (tertiary/aromatic N) is 1. The van der Waals surface area contributed by atoms with E-state index < -0.39 is 11.6 Å². The summed E-state index contributed by atoms with van der Waals surface area (Å²) in [6, 6.07) is 5.78. The number of hydrogen-bond donors (Lipinski definition) is 1. The van der Waals surface area contributed by atoms with Crippen molar-refractivity contribution in [1.29, 1.82) is 0 Å². The number of aliphatic hydroxyl groups is 1. The van der Waals surface area contributed by atoms with Crippen LogP contribution in [0.4, 0.5) is 10.1 Å². The van der Waals surface area contributed by atoms with Crippen LogP contribution < -0.4 is 4.90 Å². The molecule has 5 heteroatoms. The topological polar surface area (TPSA) is 49.8 Å². The van der Waals surface area contributed by atoms with Crippen LogP contribution in [0.1, 0.15) is 6.92 Å². The minimum absolute atomic E-state index is 0.0608. The highest BCUT2D eigenvalue weighted by Crippen LogP contribution is 2.16. The number of hydrogen-bond acceptors (Lipinski definition) is 4. The number of esters is 1. The molecule has 94 valence electrons. The van der Waals surface area contributed by atoms with Crippen LogP contribution in [-0.2, 0) is 9.53 Å². The van der Waals surface area contributed by atoms with E-state index in [-0.39, 0.29) is 12.4 Å². The summed E-state index contributed by atoms with van der Waals surface area (Å²) in [6.07, 6.45) is 0. The molecule has 0 saturated heterocycles. The molecule has 0 heterocycles. The smallest absolute Gasteiger partial charge is 0.339 e. The van der Waals surface area contributed by atoms with Crippen molar-refractivity contribution in [2.75, 3.05) is 25.6 Å². The maximum Gasteiger partial charge on any atom is 0.339 e. The summed E-state index contributed by atoms with van der Waals surface area (Å²) in [6.45, 7) is 1.43. The third kappa shape index (κ3) is 3.42. The SMILES string of the molecule is COC(=O)C(C)(O)CN(C)c1ccc(F)cc1. The monoisotopic (exact) mass is 241 g/mol. The Morgan fingerprint density at radius 3 is 2.47 bits per heavy atom.